The van der Waals surface area contributed by atoms with Crippen molar-refractivity contribution >= 4 is 38.3 Å². The second-order valence-corrected chi connectivity index (χ2v) is 9.48. The van der Waals surface area contributed by atoms with Crippen molar-refractivity contribution in [2.24, 2.45) is 0 Å². The fraction of sp³-hybridized carbons (Fsp3) is 0.310. The van der Waals surface area contributed by atoms with Gasteiger partial charge < -0.3 is 4.74 Å². The third-order valence-corrected chi connectivity index (χ3v) is 7.13. The van der Waals surface area contributed by atoms with Gasteiger partial charge in [-0.05, 0) is 82.1 Å². The third-order valence-electron chi connectivity index (χ3n) is 5.96. The number of fused-ring (bicyclic) bond motifs is 2. The summed E-state index contributed by atoms with van der Waals surface area (Å²) in [4.78, 5) is 1.51. The standard InChI is InChI=1S/C29H32OS/c1-3-4-5-6-7-8-13-27-20-26-19-24(14-15-29(26)31-27)28-21-23-12-10-9-11-22(23)18-25(28)16-17-30-2/h9-12,14-21H,3-8,13H2,1-2H3. The smallest absolute Gasteiger partial charge is 0.0830 e. The van der Waals surface area contributed by atoms with Crippen molar-refractivity contribution in [3.8, 4) is 11.1 Å². The summed E-state index contributed by atoms with van der Waals surface area (Å²) >= 11 is 1.96. The van der Waals surface area contributed by atoms with E-state index in [2.05, 4.69) is 73.7 Å². The van der Waals surface area contributed by atoms with Crippen molar-refractivity contribution in [3.05, 3.63) is 77.4 Å². The fourth-order valence-corrected chi connectivity index (χ4v) is 5.34. The Balaban J connectivity index is 1.59. The molecule has 0 radical (unpaired) electrons. The number of hydrogen-bond donors (Lipinski definition) is 0. The van der Waals surface area contributed by atoms with Crippen LogP contribution in [0.3, 0.4) is 0 Å². The van der Waals surface area contributed by atoms with E-state index in [-0.39, 0.29) is 0 Å². The van der Waals surface area contributed by atoms with Gasteiger partial charge in [0, 0.05) is 9.58 Å². The number of unbranched alkanes of at least 4 members (excludes halogenated alkanes) is 5. The van der Waals surface area contributed by atoms with Crippen molar-refractivity contribution in [2.45, 2.75) is 51.9 Å². The van der Waals surface area contributed by atoms with E-state index in [9.17, 15) is 0 Å². The van der Waals surface area contributed by atoms with Crippen molar-refractivity contribution < 1.29 is 4.74 Å². The molecule has 1 aromatic heterocycles. The molecule has 2 heteroatoms. The van der Waals surface area contributed by atoms with Crippen LogP contribution in [0.4, 0.5) is 0 Å². The molecule has 0 fully saturated rings. The van der Waals surface area contributed by atoms with Crippen molar-refractivity contribution in [1.29, 1.82) is 0 Å². The van der Waals surface area contributed by atoms with Gasteiger partial charge in [0.15, 0.2) is 0 Å². The average molecular weight is 429 g/mol. The molecule has 160 valence electrons. The predicted molar refractivity (Wildman–Crippen MR) is 138 cm³/mol. The molecule has 0 spiro atoms. The normalized spacial score (nSPS) is 11.7. The number of aryl methyl sites for hydroxylation is 1. The number of ether oxygens (including phenoxy) is 1. The monoisotopic (exact) mass is 428 g/mol. The van der Waals surface area contributed by atoms with Crippen LogP contribution in [0.5, 0.6) is 0 Å². The Labute approximate surface area is 190 Å². The van der Waals surface area contributed by atoms with Gasteiger partial charge in [-0.1, -0.05) is 69.4 Å². The second-order valence-electron chi connectivity index (χ2n) is 8.31. The van der Waals surface area contributed by atoms with Crippen LogP contribution in [-0.2, 0) is 11.2 Å². The lowest BCUT2D eigenvalue weighted by atomic mass is 9.95. The zero-order chi connectivity index (χ0) is 21.5. The Kier molecular flexibility index (Phi) is 7.43. The number of methoxy groups -OCH3 is 1. The first-order valence-electron chi connectivity index (χ1n) is 11.5. The molecule has 3 aromatic carbocycles. The Bertz CT molecular complexity index is 1170. The lowest BCUT2D eigenvalue weighted by Crippen LogP contribution is -1.85. The van der Waals surface area contributed by atoms with Gasteiger partial charge in [0.05, 0.1) is 13.4 Å². The number of rotatable bonds is 10. The van der Waals surface area contributed by atoms with Crippen LogP contribution in [0.15, 0.2) is 66.9 Å². The molecule has 0 saturated carbocycles. The maximum Gasteiger partial charge on any atom is 0.0830 e. The Morgan fingerprint density at radius 3 is 2.39 bits per heavy atom. The summed E-state index contributed by atoms with van der Waals surface area (Å²) < 4.78 is 6.60. The van der Waals surface area contributed by atoms with Gasteiger partial charge in [-0.15, -0.1) is 11.3 Å². The van der Waals surface area contributed by atoms with E-state index in [1.54, 1.807) is 13.4 Å². The Morgan fingerprint density at radius 2 is 1.58 bits per heavy atom. The number of hydrogen-bond acceptors (Lipinski definition) is 2. The van der Waals surface area contributed by atoms with Gasteiger partial charge in [0.2, 0.25) is 0 Å². The van der Waals surface area contributed by atoms with E-state index in [4.69, 9.17) is 4.74 Å². The zero-order valence-electron chi connectivity index (χ0n) is 18.7. The molecule has 0 aliphatic rings. The topological polar surface area (TPSA) is 9.23 Å². The lowest BCUT2D eigenvalue weighted by Gasteiger charge is -2.10. The minimum absolute atomic E-state index is 1.18. The zero-order valence-corrected chi connectivity index (χ0v) is 19.5. The van der Waals surface area contributed by atoms with Crippen LogP contribution in [0.2, 0.25) is 0 Å². The van der Waals surface area contributed by atoms with Crippen LogP contribution in [0, 0.1) is 0 Å². The highest BCUT2D eigenvalue weighted by atomic mass is 32.1. The fourth-order valence-electron chi connectivity index (χ4n) is 4.26. The molecule has 0 saturated heterocycles. The van der Waals surface area contributed by atoms with Crippen LogP contribution < -0.4 is 0 Å². The highest BCUT2D eigenvalue weighted by Crippen LogP contribution is 2.34. The molecule has 0 unspecified atom stereocenters. The summed E-state index contributed by atoms with van der Waals surface area (Å²) in [7, 11) is 1.69. The molecule has 0 N–H and O–H groups in total. The van der Waals surface area contributed by atoms with E-state index in [0.29, 0.717) is 0 Å². The maximum atomic E-state index is 5.21. The number of benzene rings is 3. The van der Waals surface area contributed by atoms with Gasteiger partial charge >= 0.3 is 0 Å². The van der Waals surface area contributed by atoms with E-state index >= 15 is 0 Å². The molecular formula is C29H32OS. The highest BCUT2D eigenvalue weighted by Gasteiger charge is 2.09. The highest BCUT2D eigenvalue weighted by molar-refractivity contribution is 7.19. The van der Waals surface area contributed by atoms with Crippen molar-refractivity contribution in [1.82, 2.24) is 0 Å². The summed E-state index contributed by atoms with van der Waals surface area (Å²) in [6, 6.07) is 22.4. The third kappa shape index (κ3) is 5.37. The van der Waals surface area contributed by atoms with E-state index < -0.39 is 0 Å². The van der Waals surface area contributed by atoms with Gasteiger partial charge in [0.25, 0.3) is 0 Å². The van der Waals surface area contributed by atoms with E-state index in [1.807, 2.05) is 11.3 Å². The second kappa shape index (κ2) is 10.6. The molecule has 0 bridgehead atoms. The first-order valence-corrected chi connectivity index (χ1v) is 12.3. The molecule has 31 heavy (non-hydrogen) atoms. The largest absolute Gasteiger partial charge is 0.504 e. The lowest BCUT2D eigenvalue weighted by molar-refractivity contribution is 0.341. The van der Waals surface area contributed by atoms with Gasteiger partial charge in [0.1, 0.15) is 0 Å². The molecule has 4 aromatic rings. The predicted octanol–water partition coefficient (Wildman–Crippen LogP) is 9.24. The summed E-state index contributed by atoms with van der Waals surface area (Å²) in [6.45, 7) is 2.28. The summed E-state index contributed by atoms with van der Waals surface area (Å²) in [6.07, 6.45) is 13.1. The Morgan fingerprint density at radius 1 is 0.806 bits per heavy atom. The molecule has 1 heterocycles. The van der Waals surface area contributed by atoms with Gasteiger partial charge in [-0.25, -0.2) is 0 Å². The first kappa shape index (κ1) is 21.6. The van der Waals surface area contributed by atoms with Crippen molar-refractivity contribution in [2.75, 3.05) is 7.11 Å². The summed E-state index contributed by atoms with van der Waals surface area (Å²) in [5, 5.41) is 3.87. The summed E-state index contributed by atoms with van der Waals surface area (Å²) in [5.74, 6) is 0. The minimum atomic E-state index is 1.18. The summed E-state index contributed by atoms with van der Waals surface area (Å²) in [5.41, 5.74) is 3.69. The van der Waals surface area contributed by atoms with Crippen LogP contribution in [-0.4, -0.2) is 7.11 Å². The molecule has 0 atom stereocenters. The maximum absolute atomic E-state index is 5.21. The number of thiophene rings is 1. The van der Waals surface area contributed by atoms with Gasteiger partial charge in [-0.3, -0.25) is 0 Å². The van der Waals surface area contributed by atoms with E-state index in [1.165, 1.54) is 87.4 Å². The molecular weight excluding hydrogens is 396 g/mol. The molecule has 1 nitrogen and oxygen atoms in total. The molecule has 4 rings (SSSR count). The quantitative estimate of drug-likeness (QED) is 0.181. The van der Waals surface area contributed by atoms with Crippen molar-refractivity contribution in [3.63, 3.8) is 0 Å². The van der Waals surface area contributed by atoms with Crippen LogP contribution in [0.25, 0.3) is 38.1 Å². The molecule has 0 aliphatic carbocycles. The molecule has 0 amide bonds. The van der Waals surface area contributed by atoms with E-state index in [0.717, 1.165) is 0 Å². The van der Waals surface area contributed by atoms with Gasteiger partial charge in [-0.2, -0.15) is 0 Å². The minimum Gasteiger partial charge on any atom is -0.504 e. The SMILES string of the molecule is CCCCCCCCc1cc2cc(-c3cc4ccccc4cc3C=COC)ccc2s1. The first-order chi connectivity index (χ1) is 15.3. The van der Waals surface area contributed by atoms with Crippen LogP contribution >= 0.6 is 11.3 Å². The molecule has 0 aliphatic heterocycles. The van der Waals surface area contributed by atoms with Crippen LogP contribution in [0.1, 0.15) is 55.9 Å². The average Bonchev–Trinajstić information content (AvgIpc) is 3.21. The Hall–Kier alpha value is -2.58.